The van der Waals surface area contributed by atoms with E-state index in [2.05, 4.69) is 21.6 Å². The van der Waals surface area contributed by atoms with Crippen LogP contribution in [-0.2, 0) is 21.0 Å². The van der Waals surface area contributed by atoms with Gasteiger partial charge in [-0.15, -0.1) is 0 Å². The van der Waals surface area contributed by atoms with Crippen LogP contribution < -0.4 is 0 Å². The van der Waals surface area contributed by atoms with Gasteiger partial charge in [0.15, 0.2) is 11.2 Å². The van der Waals surface area contributed by atoms with Crippen molar-refractivity contribution in [3.63, 3.8) is 0 Å². The molecular formula is C20H32O6. The molecule has 0 saturated heterocycles. The molecule has 0 radical (unpaired) electrons. The van der Waals surface area contributed by atoms with Gasteiger partial charge in [-0.25, -0.2) is 9.78 Å². The zero-order valence-corrected chi connectivity index (χ0v) is 16.9. The molecule has 0 atom stereocenters. The van der Waals surface area contributed by atoms with Crippen molar-refractivity contribution in [1.82, 2.24) is 0 Å². The number of aliphatic hydroxyl groups is 2. The van der Waals surface area contributed by atoms with Gasteiger partial charge in [-0.1, -0.05) is 36.1 Å². The average molecular weight is 368 g/mol. The number of hydrogen-bond donors (Lipinski definition) is 4. The topological polar surface area (TPSA) is 99.4 Å². The van der Waals surface area contributed by atoms with Crippen LogP contribution in [-0.4, -0.2) is 31.9 Å². The van der Waals surface area contributed by atoms with Gasteiger partial charge in [0.05, 0.1) is 11.2 Å². The van der Waals surface area contributed by atoms with E-state index in [0.717, 1.165) is 11.1 Å². The van der Waals surface area contributed by atoms with Gasteiger partial charge in [0.1, 0.15) is 0 Å². The molecule has 1 aromatic rings. The molecule has 26 heavy (non-hydrogen) atoms. The van der Waals surface area contributed by atoms with E-state index in [1.54, 1.807) is 55.4 Å². The van der Waals surface area contributed by atoms with Crippen molar-refractivity contribution >= 4 is 0 Å². The Kier molecular flexibility index (Phi) is 8.45. The van der Waals surface area contributed by atoms with Gasteiger partial charge >= 0.3 is 0 Å². The van der Waals surface area contributed by atoms with Crippen LogP contribution in [0.1, 0.15) is 66.5 Å². The SMILES string of the molecule is CC(C)(C#CC(C)(C)OO)OO.CC(C)(O)c1ccc(C(C)(C)O)cc1. The van der Waals surface area contributed by atoms with Gasteiger partial charge < -0.3 is 10.2 Å². The normalized spacial score (nSPS) is 12.6. The highest BCUT2D eigenvalue weighted by Gasteiger charge is 2.20. The summed E-state index contributed by atoms with van der Waals surface area (Å²) in [6.45, 7) is 13.3. The largest absolute Gasteiger partial charge is 0.386 e. The fourth-order valence-electron chi connectivity index (χ4n) is 1.63. The summed E-state index contributed by atoms with van der Waals surface area (Å²) in [4.78, 5) is 8.13. The first-order valence-corrected chi connectivity index (χ1v) is 8.29. The van der Waals surface area contributed by atoms with E-state index in [9.17, 15) is 10.2 Å². The second-order valence-electron chi connectivity index (χ2n) is 8.15. The van der Waals surface area contributed by atoms with E-state index in [1.807, 2.05) is 24.3 Å². The Hall–Kier alpha value is -1.46. The fourth-order valence-corrected chi connectivity index (χ4v) is 1.63. The summed E-state index contributed by atoms with van der Waals surface area (Å²) in [5.74, 6) is 5.19. The Morgan fingerprint density at radius 2 is 0.846 bits per heavy atom. The van der Waals surface area contributed by atoms with Crippen LogP contribution in [0, 0.1) is 11.8 Å². The Labute approximate surface area is 156 Å². The first-order chi connectivity index (χ1) is 11.5. The summed E-state index contributed by atoms with van der Waals surface area (Å²) in [5, 5.41) is 36.2. The van der Waals surface area contributed by atoms with E-state index in [0.29, 0.717) is 0 Å². The molecule has 0 amide bonds. The fraction of sp³-hybridized carbons (Fsp3) is 0.600. The lowest BCUT2D eigenvalue weighted by Crippen LogP contribution is -2.24. The second-order valence-corrected chi connectivity index (χ2v) is 8.15. The molecule has 0 saturated carbocycles. The lowest BCUT2D eigenvalue weighted by molar-refractivity contribution is -0.297. The van der Waals surface area contributed by atoms with E-state index in [-0.39, 0.29) is 0 Å². The van der Waals surface area contributed by atoms with E-state index in [1.165, 1.54) is 0 Å². The van der Waals surface area contributed by atoms with Crippen molar-refractivity contribution in [2.45, 2.75) is 77.8 Å². The molecule has 0 fully saturated rings. The third kappa shape index (κ3) is 9.30. The molecule has 1 rings (SSSR count). The van der Waals surface area contributed by atoms with Crippen LogP contribution in [0.3, 0.4) is 0 Å². The molecule has 6 nitrogen and oxygen atoms in total. The first-order valence-electron chi connectivity index (χ1n) is 8.29. The van der Waals surface area contributed by atoms with Crippen molar-refractivity contribution in [3.05, 3.63) is 35.4 Å². The van der Waals surface area contributed by atoms with E-state index in [4.69, 9.17) is 10.5 Å². The van der Waals surface area contributed by atoms with Crippen LogP contribution in [0.5, 0.6) is 0 Å². The van der Waals surface area contributed by atoms with Gasteiger partial charge in [0, 0.05) is 0 Å². The summed E-state index contributed by atoms with van der Waals surface area (Å²) in [5.41, 5.74) is -1.84. The van der Waals surface area contributed by atoms with Crippen LogP contribution in [0.25, 0.3) is 0 Å². The molecule has 6 heteroatoms. The van der Waals surface area contributed by atoms with Gasteiger partial charge in [-0.05, 0) is 66.5 Å². The molecular weight excluding hydrogens is 336 g/mol. The third-order valence-corrected chi connectivity index (χ3v) is 3.42. The van der Waals surface area contributed by atoms with Gasteiger partial charge in [0.2, 0.25) is 0 Å². The molecule has 0 spiro atoms. The highest BCUT2D eigenvalue weighted by molar-refractivity contribution is 5.29. The van der Waals surface area contributed by atoms with E-state index < -0.39 is 22.4 Å². The molecule has 0 heterocycles. The second kappa shape index (κ2) is 8.96. The molecule has 0 aliphatic carbocycles. The molecule has 0 unspecified atom stereocenters. The predicted octanol–water partition coefficient (Wildman–Crippen LogP) is 3.67. The molecule has 148 valence electrons. The average Bonchev–Trinajstić information content (AvgIpc) is 2.52. The molecule has 0 aliphatic heterocycles. The van der Waals surface area contributed by atoms with Gasteiger partial charge in [-0.3, -0.25) is 10.5 Å². The predicted molar refractivity (Wildman–Crippen MR) is 100 cm³/mol. The highest BCUT2D eigenvalue weighted by Crippen LogP contribution is 2.24. The number of benzene rings is 1. The zero-order chi connectivity index (χ0) is 20.8. The monoisotopic (exact) mass is 368 g/mol. The van der Waals surface area contributed by atoms with Crippen molar-refractivity contribution < 1.29 is 30.5 Å². The summed E-state index contributed by atoms with van der Waals surface area (Å²) in [7, 11) is 0. The maximum absolute atomic E-state index is 9.72. The highest BCUT2D eigenvalue weighted by atomic mass is 17.1. The maximum atomic E-state index is 9.72. The third-order valence-electron chi connectivity index (χ3n) is 3.42. The van der Waals surface area contributed by atoms with Gasteiger partial charge in [0.25, 0.3) is 0 Å². The van der Waals surface area contributed by atoms with Crippen molar-refractivity contribution in [3.8, 4) is 11.8 Å². The first kappa shape index (κ1) is 24.5. The zero-order valence-electron chi connectivity index (χ0n) is 16.9. The standard InChI is InChI=1S/C12H18O2.C8H14O4/c1-11(2,13)9-5-7-10(8-6-9)12(3,4)14;1-7(2,11-9)5-6-8(3,4)12-10/h5-8,13-14H,1-4H3;9-10H,1-4H3. The minimum Gasteiger partial charge on any atom is -0.386 e. The van der Waals surface area contributed by atoms with Crippen LogP contribution >= 0.6 is 0 Å². The molecule has 1 aromatic carbocycles. The van der Waals surface area contributed by atoms with Crippen LogP contribution in [0.4, 0.5) is 0 Å². The summed E-state index contributed by atoms with van der Waals surface area (Å²) in [6, 6.07) is 7.36. The number of hydrogen-bond acceptors (Lipinski definition) is 6. The van der Waals surface area contributed by atoms with Gasteiger partial charge in [-0.2, -0.15) is 0 Å². The Morgan fingerprint density at radius 3 is 1.00 bits per heavy atom. The van der Waals surface area contributed by atoms with Crippen molar-refractivity contribution in [2.24, 2.45) is 0 Å². The Bertz CT molecular complexity index is 554. The summed E-state index contributed by atoms with van der Waals surface area (Å²) < 4.78 is 0. The maximum Gasteiger partial charge on any atom is 0.158 e. The quantitative estimate of drug-likeness (QED) is 0.368. The Balaban J connectivity index is 0.000000488. The van der Waals surface area contributed by atoms with E-state index >= 15 is 0 Å². The minimum absolute atomic E-state index is 0.821. The van der Waals surface area contributed by atoms with Crippen LogP contribution in [0.2, 0.25) is 0 Å². The molecule has 0 bridgehead atoms. The lowest BCUT2D eigenvalue weighted by Gasteiger charge is -2.21. The summed E-state index contributed by atoms with van der Waals surface area (Å²) >= 11 is 0. The van der Waals surface area contributed by atoms with Crippen molar-refractivity contribution in [1.29, 1.82) is 0 Å². The molecule has 0 aliphatic rings. The Morgan fingerprint density at radius 1 is 0.615 bits per heavy atom. The number of rotatable bonds is 4. The smallest absolute Gasteiger partial charge is 0.158 e. The summed E-state index contributed by atoms with van der Waals surface area (Å²) in [6.07, 6.45) is 0. The van der Waals surface area contributed by atoms with Crippen molar-refractivity contribution in [2.75, 3.05) is 0 Å². The molecule has 0 aromatic heterocycles. The minimum atomic E-state index is -0.949. The van der Waals surface area contributed by atoms with Crippen LogP contribution in [0.15, 0.2) is 24.3 Å². The lowest BCUT2D eigenvalue weighted by atomic mass is 9.93. The molecule has 4 N–H and O–H groups in total.